The van der Waals surface area contributed by atoms with Crippen LogP contribution >= 0.6 is 0 Å². The highest BCUT2D eigenvalue weighted by molar-refractivity contribution is 5.99. The molecule has 2 aromatic carbocycles. The number of anilines is 1. The number of aromatic nitrogens is 4. The molecule has 0 saturated carbocycles. The topological polar surface area (TPSA) is 126 Å². The van der Waals surface area contributed by atoms with E-state index in [0.29, 0.717) is 24.0 Å². The first-order valence-corrected chi connectivity index (χ1v) is 14.7. The van der Waals surface area contributed by atoms with Crippen molar-refractivity contribution in [2.24, 2.45) is 5.92 Å². The number of hydrogen-bond donors (Lipinski definition) is 1. The van der Waals surface area contributed by atoms with Gasteiger partial charge in [0.15, 0.2) is 17.2 Å². The molecule has 2 aliphatic heterocycles. The Balaban J connectivity index is 1.27. The van der Waals surface area contributed by atoms with Crippen LogP contribution in [0.3, 0.4) is 0 Å². The monoisotopic (exact) mass is 616 g/mol. The lowest BCUT2D eigenvalue weighted by Crippen LogP contribution is -2.39. The summed E-state index contributed by atoms with van der Waals surface area (Å²) in [6, 6.07) is 9.17. The van der Waals surface area contributed by atoms with E-state index in [2.05, 4.69) is 33.1 Å². The van der Waals surface area contributed by atoms with Gasteiger partial charge in [-0.15, -0.1) is 0 Å². The number of nitrogens with two attached hydrogens (primary N) is 1. The van der Waals surface area contributed by atoms with Gasteiger partial charge >= 0.3 is 0 Å². The van der Waals surface area contributed by atoms with Crippen molar-refractivity contribution in [2.75, 3.05) is 32.4 Å². The van der Waals surface area contributed by atoms with Crippen LogP contribution in [0.5, 0.6) is 11.5 Å². The van der Waals surface area contributed by atoms with Crippen molar-refractivity contribution in [2.45, 2.75) is 38.3 Å². The molecule has 2 saturated heterocycles. The third-order valence-corrected chi connectivity index (χ3v) is 8.44. The average molecular weight is 617 g/mol. The Morgan fingerprint density at radius 3 is 2.67 bits per heavy atom. The molecule has 45 heavy (non-hydrogen) atoms. The third kappa shape index (κ3) is 6.06. The van der Waals surface area contributed by atoms with Crippen molar-refractivity contribution >= 4 is 22.8 Å². The van der Waals surface area contributed by atoms with Crippen LogP contribution in [0.1, 0.15) is 25.7 Å². The van der Waals surface area contributed by atoms with E-state index >= 15 is 4.39 Å². The summed E-state index contributed by atoms with van der Waals surface area (Å²) in [7, 11) is 2.06. The van der Waals surface area contributed by atoms with Crippen LogP contribution in [0.2, 0.25) is 0 Å². The van der Waals surface area contributed by atoms with E-state index in [-0.39, 0.29) is 58.6 Å². The largest absolute Gasteiger partial charge is 0.454 e. The summed E-state index contributed by atoms with van der Waals surface area (Å²) in [6.45, 7) is 2.58. The Morgan fingerprint density at radius 2 is 1.91 bits per heavy atom. The maximum Gasteiger partial charge on any atom is 0.264 e. The Labute approximate surface area is 257 Å². The zero-order chi connectivity index (χ0) is 31.7. The molecular formula is C32H31F3N8O2. The molecule has 2 aliphatic rings. The molecule has 4 aromatic rings. The van der Waals surface area contributed by atoms with Gasteiger partial charge in [-0.1, -0.05) is 12.1 Å². The van der Waals surface area contributed by atoms with E-state index in [9.17, 15) is 18.8 Å². The van der Waals surface area contributed by atoms with E-state index in [4.69, 9.17) is 10.5 Å². The van der Waals surface area contributed by atoms with Gasteiger partial charge < -0.3 is 20.3 Å². The lowest BCUT2D eigenvalue weighted by Gasteiger charge is -2.28. The van der Waals surface area contributed by atoms with Gasteiger partial charge in [-0.2, -0.15) is 14.8 Å². The number of carbonyl (C=O) groups is 1. The predicted molar refractivity (Wildman–Crippen MR) is 160 cm³/mol. The quantitative estimate of drug-likeness (QED) is 0.225. The first kappa shape index (κ1) is 30.1. The second-order valence-corrected chi connectivity index (χ2v) is 11.4. The zero-order valence-electron chi connectivity index (χ0n) is 24.6. The number of amides is 1. The Bertz CT molecular complexity index is 1830. The molecule has 2 fully saturated rings. The van der Waals surface area contributed by atoms with E-state index in [1.165, 1.54) is 30.6 Å². The number of allylic oxidation sites excluding steroid dienone is 1. The molecule has 13 heteroatoms. The fourth-order valence-electron chi connectivity index (χ4n) is 6.02. The number of hydrogen-bond acceptors (Lipinski definition) is 8. The third-order valence-electron chi connectivity index (χ3n) is 8.44. The van der Waals surface area contributed by atoms with Gasteiger partial charge in [-0.05, 0) is 76.0 Å². The van der Waals surface area contributed by atoms with Crippen LogP contribution in [0.25, 0.3) is 22.3 Å². The summed E-state index contributed by atoms with van der Waals surface area (Å²) >= 11 is 0. The lowest BCUT2D eigenvalue weighted by atomic mass is 9.94. The predicted octanol–water partition coefficient (Wildman–Crippen LogP) is 5.07. The van der Waals surface area contributed by atoms with Gasteiger partial charge in [0.1, 0.15) is 41.0 Å². The number of rotatable bonds is 7. The van der Waals surface area contributed by atoms with Crippen LogP contribution in [0, 0.1) is 34.7 Å². The Hall–Kier alpha value is -4.96. The number of halogens is 3. The fraction of sp³-hybridized carbons (Fsp3) is 0.344. The Kier molecular flexibility index (Phi) is 8.40. The van der Waals surface area contributed by atoms with E-state index in [1.54, 1.807) is 9.58 Å². The highest BCUT2D eigenvalue weighted by Crippen LogP contribution is 2.35. The minimum atomic E-state index is -1.18. The van der Waals surface area contributed by atoms with E-state index in [0.717, 1.165) is 44.5 Å². The number of fused-ring (bicyclic) bond motifs is 1. The molecular weight excluding hydrogens is 585 g/mol. The first-order valence-electron chi connectivity index (χ1n) is 14.7. The maximum atomic E-state index is 15.5. The molecule has 1 atom stereocenters. The number of ether oxygens (including phenoxy) is 1. The molecule has 1 amide bonds. The maximum absolute atomic E-state index is 15.5. The minimum Gasteiger partial charge on any atom is -0.454 e. The molecule has 2 aromatic heterocycles. The number of carbonyl (C=O) groups excluding carboxylic acids is 1. The zero-order valence-corrected chi connectivity index (χ0v) is 24.6. The van der Waals surface area contributed by atoms with Gasteiger partial charge in [-0.3, -0.25) is 4.79 Å². The standard InChI is InChI=1S/C32H31F3N8O2/c1-41-12-9-19(10-13-41)14-20(16-36)32(44)42-11-3-4-21(42)17-43-31-27(30(37)38-18-39-31)29(40-43)23-8-7-22(15-25(23)34)45-26-6-2-5-24(33)28(26)35/h2,5-8,14-15,18-19,21H,3-4,9-13,17H2,1H3,(H2,37,38,39)/t21-/m1/s1. The highest BCUT2D eigenvalue weighted by atomic mass is 19.2. The van der Waals surface area contributed by atoms with Crippen molar-refractivity contribution in [3.8, 4) is 28.8 Å². The summed E-state index contributed by atoms with van der Waals surface area (Å²) in [5.74, 6) is -3.48. The van der Waals surface area contributed by atoms with Crippen LogP contribution in [-0.2, 0) is 11.3 Å². The van der Waals surface area contributed by atoms with Crippen molar-refractivity contribution in [3.05, 3.63) is 71.8 Å². The summed E-state index contributed by atoms with van der Waals surface area (Å²) in [5.41, 5.74) is 6.98. The Morgan fingerprint density at radius 1 is 1.11 bits per heavy atom. The summed E-state index contributed by atoms with van der Waals surface area (Å²) < 4.78 is 50.2. The van der Waals surface area contributed by atoms with Gasteiger partial charge in [0.25, 0.3) is 5.91 Å². The van der Waals surface area contributed by atoms with Crippen molar-refractivity contribution in [1.29, 1.82) is 5.26 Å². The van der Waals surface area contributed by atoms with Gasteiger partial charge in [0.2, 0.25) is 5.82 Å². The van der Waals surface area contributed by atoms with Crippen LogP contribution in [0.4, 0.5) is 19.0 Å². The number of benzene rings is 2. The van der Waals surface area contributed by atoms with Crippen LogP contribution in [0.15, 0.2) is 54.4 Å². The molecule has 6 rings (SSSR count). The number of nitrogens with zero attached hydrogens (tertiary/aromatic N) is 7. The molecule has 4 heterocycles. The molecule has 0 aliphatic carbocycles. The summed E-state index contributed by atoms with van der Waals surface area (Å²) in [4.78, 5) is 25.9. The molecule has 232 valence electrons. The molecule has 0 unspecified atom stereocenters. The normalized spacial score (nSPS) is 18.0. The highest BCUT2D eigenvalue weighted by Gasteiger charge is 2.33. The van der Waals surface area contributed by atoms with Crippen LogP contribution < -0.4 is 10.5 Å². The minimum absolute atomic E-state index is 0.0459. The van der Waals surface area contributed by atoms with Crippen molar-refractivity contribution < 1.29 is 22.7 Å². The van der Waals surface area contributed by atoms with Gasteiger partial charge in [0, 0.05) is 18.2 Å². The lowest BCUT2D eigenvalue weighted by molar-refractivity contribution is -0.127. The molecule has 0 radical (unpaired) electrons. The molecule has 10 nitrogen and oxygen atoms in total. The second kappa shape index (κ2) is 12.6. The smallest absolute Gasteiger partial charge is 0.264 e. The number of piperidine rings is 1. The number of nitriles is 1. The van der Waals surface area contributed by atoms with Crippen LogP contribution in [-0.4, -0.2) is 68.2 Å². The molecule has 0 spiro atoms. The number of nitrogen functional groups attached to an aromatic ring is 1. The van der Waals surface area contributed by atoms with Crippen molar-refractivity contribution in [3.63, 3.8) is 0 Å². The first-order chi connectivity index (χ1) is 21.7. The molecule has 0 bridgehead atoms. The summed E-state index contributed by atoms with van der Waals surface area (Å²) in [6.07, 6.45) is 6.34. The second-order valence-electron chi connectivity index (χ2n) is 11.4. The number of likely N-dealkylation sites (tertiary alicyclic amines) is 2. The van der Waals surface area contributed by atoms with E-state index < -0.39 is 17.5 Å². The van der Waals surface area contributed by atoms with Gasteiger partial charge in [-0.25, -0.2) is 23.4 Å². The van der Waals surface area contributed by atoms with Crippen molar-refractivity contribution in [1.82, 2.24) is 29.5 Å². The summed E-state index contributed by atoms with van der Waals surface area (Å²) in [5, 5.41) is 14.9. The average Bonchev–Trinajstić information content (AvgIpc) is 3.64. The fourth-order valence-corrected chi connectivity index (χ4v) is 6.02. The van der Waals surface area contributed by atoms with Gasteiger partial charge in [0.05, 0.1) is 18.0 Å². The van der Waals surface area contributed by atoms with E-state index in [1.807, 2.05) is 6.08 Å². The SMILES string of the molecule is CN1CCC(C=C(C#N)C(=O)N2CCC[C@@H]2Cn2nc(-c3ccc(Oc4cccc(F)c4F)cc3F)c3c(N)ncnc32)CC1. The molecule has 2 N–H and O–H groups in total.